The molecule has 0 spiro atoms. The largest absolute Gasteiger partial charge is 0.356 e. The smallest absolute Gasteiger partial charge is 0.262 e. The third kappa shape index (κ3) is 3.26. The minimum absolute atomic E-state index is 0.0787. The van der Waals surface area contributed by atoms with E-state index in [1.807, 2.05) is 0 Å². The Balaban J connectivity index is 1.44. The molecular weight excluding hydrogens is 376 g/mol. The van der Waals surface area contributed by atoms with E-state index in [0.717, 1.165) is 0 Å². The van der Waals surface area contributed by atoms with Crippen molar-refractivity contribution in [3.63, 3.8) is 0 Å². The molecule has 1 aromatic carbocycles. The van der Waals surface area contributed by atoms with Gasteiger partial charge < -0.3 is 4.52 Å². The molecule has 0 aliphatic carbocycles. The van der Waals surface area contributed by atoms with Gasteiger partial charge in [-0.25, -0.2) is 18.1 Å². The molecular formula is C16H14N4O4S2. The fourth-order valence-corrected chi connectivity index (χ4v) is 4.44. The van der Waals surface area contributed by atoms with Gasteiger partial charge in [-0.1, -0.05) is 17.3 Å². The summed E-state index contributed by atoms with van der Waals surface area (Å²) >= 11 is 1.39. The summed E-state index contributed by atoms with van der Waals surface area (Å²) in [5.74, 6) is -0.291. The Bertz CT molecular complexity index is 1240. The van der Waals surface area contributed by atoms with Crippen molar-refractivity contribution in [3.05, 3.63) is 58.1 Å². The average molecular weight is 390 g/mol. The van der Waals surface area contributed by atoms with E-state index in [-0.39, 0.29) is 24.4 Å². The number of hydrogen-bond acceptors (Lipinski definition) is 7. The maximum absolute atomic E-state index is 12.3. The van der Waals surface area contributed by atoms with Crippen LogP contribution in [-0.4, -0.2) is 29.7 Å². The van der Waals surface area contributed by atoms with Crippen molar-refractivity contribution in [3.8, 4) is 0 Å². The second-order valence-corrected chi connectivity index (χ2v) is 8.36. The number of nitrogens with zero attached hydrogens (tertiary/aromatic N) is 3. The minimum Gasteiger partial charge on any atom is -0.356 e. The van der Waals surface area contributed by atoms with Crippen LogP contribution in [0.2, 0.25) is 0 Å². The monoisotopic (exact) mass is 390 g/mol. The van der Waals surface area contributed by atoms with Crippen molar-refractivity contribution < 1.29 is 12.9 Å². The van der Waals surface area contributed by atoms with E-state index >= 15 is 0 Å². The SMILES string of the molecule is O=c1c2ccsc2ncn1CCNS(=O)(=O)Cc1noc2ccccc12. The lowest BCUT2D eigenvalue weighted by Crippen LogP contribution is -2.31. The molecule has 134 valence electrons. The molecule has 0 saturated heterocycles. The molecule has 0 aliphatic heterocycles. The van der Waals surface area contributed by atoms with Crippen LogP contribution < -0.4 is 10.3 Å². The summed E-state index contributed by atoms with van der Waals surface area (Å²) in [7, 11) is -3.62. The molecule has 3 heterocycles. The molecule has 0 saturated carbocycles. The van der Waals surface area contributed by atoms with E-state index < -0.39 is 10.0 Å². The summed E-state index contributed by atoms with van der Waals surface area (Å²) in [6.45, 7) is 0.270. The van der Waals surface area contributed by atoms with Gasteiger partial charge in [0, 0.05) is 18.5 Å². The van der Waals surface area contributed by atoms with Crippen molar-refractivity contribution in [2.75, 3.05) is 6.54 Å². The highest BCUT2D eigenvalue weighted by atomic mass is 32.2. The second-order valence-electron chi connectivity index (χ2n) is 5.66. The maximum atomic E-state index is 12.3. The van der Waals surface area contributed by atoms with Crippen molar-refractivity contribution in [2.24, 2.45) is 0 Å². The van der Waals surface area contributed by atoms with Crippen molar-refractivity contribution in [1.82, 2.24) is 19.4 Å². The highest BCUT2D eigenvalue weighted by Crippen LogP contribution is 2.19. The third-order valence-corrected chi connectivity index (χ3v) is 6.02. The first-order chi connectivity index (χ1) is 12.5. The number of fused-ring (bicyclic) bond motifs is 2. The quantitative estimate of drug-likeness (QED) is 0.537. The number of aromatic nitrogens is 3. The van der Waals surface area contributed by atoms with E-state index in [1.54, 1.807) is 35.7 Å². The van der Waals surface area contributed by atoms with Gasteiger partial charge in [0.1, 0.15) is 16.3 Å². The van der Waals surface area contributed by atoms with Crippen LogP contribution in [-0.2, 0) is 22.3 Å². The van der Waals surface area contributed by atoms with Crippen LogP contribution in [0.15, 0.2) is 51.4 Å². The lowest BCUT2D eigenvalue weighted by atomic mass is 10.2. The van der Waals surface area contributed by atoms with Crippen LogP contribution in [0.25, 0.3) is 21.2 Å². The molecule has 1 N–H and O–H groups in total. The number of nitrogens with one attached hydrogen (secondary N) is 1. The Morgan fingerprint density at radius 2 is 2.04 bits per heavy atom. The number of para-hydroxylation sites is 1. The molecule has 0 atom stereocenters. The molecule has 0 radical (unpaired) electrons. The van der Waals surface area contributed by atoms with Gasteiger partial charge >= 0.3 is 0 Å². The van der Waals surface area contributed by atoms with Crippen molar-refractivity contribution in [2.45, 2.75) is 12.3 Å². The minimum atomic E-state index is -3.62. The normalized spacial score (nSPS) is 12.2. The summed E-state index contributed by atoms with van der Waals surface area (Å²) in [5, 5.41) is 6.84. The molecule has 0 bridgehead atoms. The topological polar surface area (TPSA) is 107 Å². The van der Waals surface area contributed by atoms with Gasteiger partial charge in [0.25, 0.3) is 5.56 Å². The highest BCUT2D eigenvalue weighted by molar-refractivity contribution is 7.88. The molecule has 0 fully saturated rings. The van der Waals surface area contributed by atoms with Crippen molar-refractivity contribution >= 4 is 42.5 Å². The van der Waals surface area contributed by atoms with E-state index in [2.05, 4.69) is 14.9 Å². The molecule has 10 heteroatoms. The van der Waals surface area contributed by atoms with Gasteiger partial charge in [0.2, 0.25) is 10.0 Å². The predicted molar refractivity (Wildman–Crippen MR) is 98.5 cm³/mol. The first kappa shape index (κ1) is 16.9. The Morgan fingerprint density at radius 3 is 2.92 bits per heavy atom. The number of sulfonamides is 1. The van der Waals surface area contributed by atoms with Crippen LogP contribution in [0.5, 0.6) is 0 Å². The number of rotatable bonds is 6. The zero-order valence-electron chi connectivity index (χ0n) is 13.5. The average Bonchev–Trinajstić information content (AvgIpc) is 3.24. The van der Waals surface area contributed by atoms with Crippen LogP contribution in [0, 0.1) is 0 Å². The van der Waals surface area contributed by atoms with Crippen LogP contribution in [0.4, 0.5) is 0 Å². The Hall–Kier alpha value is -2.56. The standard InChI is InChI=1S/C16H14N4O4S2/c21-16-12-5-8-25-15(12)17-10-20(16)7-6-18-26(22,23)9-13-11-3-1-2-4-14(11)24-19-13/h1-5,8,10,18H,6-7,9H2. The first-order valence-corrected chi connectivity index (χ1v) is 10.3. The van der Waals surface area contributed by atoms with Gasteiger partial charge in [-0.15, -0.1) is 11.3 Å². The molecule has 3 aromatic heterocycles. The second kappa shape index (κ2) is 6.63. The number of benzene rings is 1. The number of thiophene rings is 1. The molecule has 4 rings (SSSR count). The molecule has 0 aliphatic rings. The third-order valence-electron chi connectivity index (χ3n) is 3.90. The lowest BCUT2D eigenvalue weighted by Gasteiger charge is -2.07. The summed E-state index contributed by atoms with van der Waals surface area (Å²) < 4.78 is 33.6. The zero-order chi connectivity index (χ0) is 18.1. The fourth-order valence-electron chi connectivity index (χ4n) is 2.65. The van der Waals surface area contributed by atoms with Crippen LogP contribution >= 0.6 is 11.3 Å². The Morgan fingerprint density at radius 1 is 1.19 bits per heavy atom. The van der Waals surface area contributed by atoms with Gasteiger partial charge in [0.05, 0.1) is 11.7 Å². The Labute approximate surface area is 152 Å². The Kier molecular flexibility index (Phi) is 4.31. The summed E-state index contributed by atoms with van der Waals surface area (Å²) in [5.41, 5.74) is 0.712. The highest BCUT2D eigenvalue weighted by Gasteiger charge is 2.17. The summed E-state index contributed by atoms with van der Waals surface area (Å²) in [6, 6.07) is 8.79. The van der Waals surface area contributed by atoms with Gasteiger partial charge in [-0.3, -0.25) is 9.36 Å². The van der Waals surface area contributed by atoms with E-state index in [9.17, 15) is 13.2 Å². The molecule has 4 aromatic rings. The predicted octanol–water partition coefficient (Wildman–Crippen LogP) is 1.72. The van der Waals surface area contributed by atoms with E-state index in [0.29, 0.717) is 26.9 Å². The van der Waals surface area contributed by atoms with Gasteiger partial charge in [-0.05, 0) is 23.6 Å². The summed E-state index contributed by atoms with van der Waals surface area (Å²) in [6.07, 6.45) is 1.43. The summed E-state index contributed by atoms with van der Waals surface area (Å²) in [4.78, 5) is 17.1. The first-order valence-electron chi connectivity index (χ1n) is 7.77. The zero-order valence-corrected chi connectivity index (χ0v) is 15.1. The number of hydrogen-bond donors (Lipinski definition) is 1. The van der Waals surface area contributed by atoms with Crippen LogP contribution in [0.1, 0.15) is 5.69 Å². The van der Waals surface area contributed by atoms with Gasteiger partial charge in [0.15, 0.2) is 5.58 Å². The molecule has 8 nitrogen and oxygen atoms in total. The van der Waals surface area contributed by atoms with Gasteiger partial charge in [-0.2, -0.15) is 0 Å². The van der Waals surface area contributed by atoms with Crippen molar-refractivity contribution in [1.29, 1.82) is 0 Å². The van der Waals surface area contributed by atoms with E-state index in [1.165, 1.54) is 22.2 Å². The molecule has 0 unspecified atom stereocenters. The van der Waals surface area contributed by atoms with Crippen LogP contribution in [0.3, 0.4) is 0 Å². The lowest BCUT2D eigenvalue weighted by molar-refractivity contribution is 0.448. The fraction of sp³-hybridized carbons (Fsp3) is 0.188. The maximum Gasteiger partial charge on any atom is 0.262 e. The molecule has 0 amide bonds. The van der Waals surface area contributed by atoms with E-state index in [4.69, 9.17) is 4.52 Å². The molecule has 26 heavy (non-hydrogen) atoms.